The molecule has 28 heavy (non-hydrogen) atoms. The van der Waals surface area contributed by atoms with Crippen LogP contribution in [0.3, 0.4) is 0 Å². The molecule has 0 aliphatic heterocycles. The maximum Gasteiger partial charge on any atom is 0.259 e. The fourth-order valence-electron chi connectivity index (χ4n) is 2.41. The fourth-order valence-corrected chi connectivity index (χ4v) is 3.48. The number of halogens is 1. The van der Waals surface area contributed by atoms with Crippen molar-refractivity contribution >= 4 is 39.0 Å². The van der Waals surface area contributed by atoms with Crippen LogP contribution in [0.15, 0.2) is 66.0 Å². The van der Waals surface area contributed by atoms with Gasteiger partial charge in [0.15, 0.2) is 0 Å². The van der Waals surface area contributed by atoms with Crippen LogP contribution in [0.2, 0.25) is 5.02 Å². The van der Waals surface area contributed by atoms with E-state index in [2.05, 4.69) is 20.6 Å². The average Bonchev–Trinajstić information content (AvgIpc) is 2.68. The minimum absolute atomic E-state index is 0.0263. The van der Waals surface area contributed by atoms with Gasteiger partial charge < -0.3 is 10.6 Å². The molecule has 0 saturated heterocycles. The zero-order chi connectivity index (χ0) is 20.1. The van der Waals surface area contributed by atoms with Gasteiger partial charge in [-0.2, -0.15) is 0 Å². The number of primary sulfonamides is 1. The van der Waals surface area contributed by atoms with Crippen molar-refractivity contribution in [3.05, 3.63) is 77.2 Å². The highest BCUT2D eigenvalue weighted by Gasteiger charge is 2.16. The number of nitrogens with two attached hydrogens (primary N) is 1. The summed E-state index contributed by atoms with van der Waals surface area (Å²) in [5.41, 5.74) is 1.51. The second-order valence-electron chi connectivity index (χ2n) is 5.75. The lowest BCUT2D eigenvalue weighted by Gasteiger charge is -2.12. The summed E-state index contributed by atoms with van der Waals surface area (Å²) in [5.74, 6) is -0.0783. The van der Waals surface area contributed by atoms with Crippen LogP contribution in [0.1, 0.15) is 15.9 Å². The first kappa shape index (κ1) is 19.7. The van der Waals surface area contributed by atoms with Gasteiger partial charge in [-0.3, -0.25) is 9.78 Å². The number of sulfonamides is 1. The van der Waals surface area contributed by atoms with E-state index in [-0.39, 0.29) is 15.6 Å². The van der Waals surface area contributed by atoms with Crippen molar-refractivity contribution in [3.8, 4) is 0 Å². The van der Waals surface area contributed by atoms with Gasteiger partial charge in [-0.1, -0.05) is 11.6 Å². The van der Waals surface area contributed by atoms with Crippen LogP contribution in [-0.2, 0) is 16.6 Å². The zero-order valence-corrected chi connectivity index (χ0v) is 16.0. The van der Waals surface area contributed by atoms with Gasteiger partial charge in [-0.05, 0) is 48.0 Å². The lowest BCUT2D eigenvalue weighted by Crippen LogP contribution is -2.17. The van der Waals surface area contributed by atoms with Gasteiger partial charge in [0, 0.05) is 30.8 Å². The van der Waals surface area contributed by atoms with Crippen molar-refractivity contribution in [3.63, 3.8) is 0 Å². The van der Waals surface area contributed by atoms with E-state index in [1.807, 2.05) is 12.1 Å². The second-order valence-corrected chi connectivity index (χ2v) is 7.69. The van der Waals surface area contributed by atoms with E-state index < -0.39 is 15.9 Å². The molecule has 0 aliphatic carbocycles. The first-order chi connectivity index (χ1) is 13.3. The molecule has 0 unspecified atom stereocenters. The Hall–Kier alpha value is -3.01. The maximum atomic E-state index is 12.7. The van der Waals surface area contributed by atoms with Gasteiger partial charge in [0.25, 0.3) is 5.91 Å². The summed E-state index contributed by atoms with van der Waals surface area (Å²) < 4.78 is 23.2. The Morgan fingerprint density at radius 1 is 1.11 bits per heavy atom. The van der Waals surface area contributed by atoms with E-state index in [4.69, 9.17) is 16.7 Å². The number of carbonyl (C=O) groups is 1. The van der Waals surface area contributed by atoms with Gasteiger partial charge >= 0.3 is 0 Å². The Morgan fingerprint density at radius 2 is 1.86 bits per heavy atom. The van der Waals surface area contributed by atoms with E-state index in [9.17, 15) is 13.2 Å². The standard InChI is InChI=1S/C18H16ClN5O3S/c19-15-4-3-13(10-16(15)28(20,26)27)24-18(25)14-2-1-7-22-17(14)23-11-12-5-8-21-9-6-12/h1-10H,11H2,(H,22,23)(H,24,25)(H2,20,26,27). The first-order valence-corrected chi connectivity index (χ1v) is 9.98. The highest BCUT2D eigenvalue weighted by atomic mass is 35.5. The monoisotopic (exact) mass is 417 g/mol. The van der Waals surface area contributed by atoms with Crippen LogP contribution in [0.25, 0.3) is 0 Å². The molecule has 144 valence electrons. The molecule has 4 N–H and O–H groups in total. The third-order valence-corrected chi connectivity index (χ3v) is 5.15. The summed E-state index contributed by atoms with van der Waals surface area (Å²) >= 11 is 5.86. The summed E-state index contributed by atoms with van der Waals surface area (Å²) in [6.07, 6.45) is 4.91. The molecule has 0 saturated carbocycles. The number of anilines is 2. The van der Waals surface area contributed by atoms with Crippen molar-refractivity contribution in [1.29, 1.82) is 0 Å². The van der Waals surface area contributed by atoms with Crippen LogP contribution >= 0.6 is 11.6 Å². The second kappa shape index (κ2) is 8.34. The lowest BCUT2D eigenvalue weighted by molar-refractivity contribution is 0.102. The van der Waals surface area contributed by atoms with Crippen molar-refractivity contribution in [2.45, 2.75) is 11.4 Å². The summed E-state index contributed by atoms with van der Waals surface area (Å²) in [6, 6.07) is 11.0. The van der Waals surface area contributed by atoms with Gasteiger partial charge in [-0.25, -0.2) is 18.5 Å². The Morgan fingerprint density at radius 3 is 2.57 bits per heavy atom. The number of benzene rings is 1. The predicted octanol–water partition coefficient (Wildman–Crippen LogP) is 2.64. The lowest BCUT2D eigenvalue weighted by atomic mass is 10.2. The van der Waals surface area contributed by atoms with Gasteiger partial charge in [0.05, 0.1) is 10.6 Å². The molecular weight excluding hydrogens is 402 g/mol. The largest absolute Gasteiger partial charge is 0.365 e. The SMILES string of the molecule is NS(=O)(=O)c1cc(NC(=O)c2cccnc2NCc2ccncc2)ccc1Cl. The first-order valence-electron chi connectivity index (χ1n) is 8.06. The van der Waals surface area contributed by atoms with E-state index in [1.54, 1.807) is 30.7 Å². The minimum atomic E-state index is -4.02. The van der Waals surface area contributed by atoms with Crippen molar-refractivity contribution in [2.75, 3.05) is 10.6 Å². The third kappa shape index (κ3) is 4.83. The minimum Gasteiger partial charge on any atom is -0.365 e. The topological polar surface area (TPSA) is 127 Å². The molecule has 3 aromatic rings. The summed E-state index contributed by atoms with van der Waals surface area (Å²) in [7, 11) is -4.02. The van der Waals surface area contributed by atoms with Gasteiger partial charge in [0.1, 0.15) is 10.7 Å². The van der Waals surface area contributed by atoms with Crippen LogP contribution in [-0.4, -0.2) is 24.3 Å². The molecule has 1 amide bonds. The summed E-state index contributed by atoms with van der Waals surface area (Å²) in [6.45, 7) is 0.455. The Labute approximate surface area is 166 Å². The van der Waals surface area contributed by atoms with E-state index in [0.717, 1.165) is 5.56 Å². The normalized spacial score (nSPS) is 11.1. The zero-order valence-electron chi connectivity index (χ0n) is 14.5. The molecule has 0 radical (unpaired) electrons. The van der Waals surface area contributed by atoms with E-state index >= 15 is 0 Å². The molecule has 10 heteroatoms. The number of rotatable bonds is 6. The predicted molar refractivity (Wildman–Crippen MR) is 107 cm³/mol. The van der Waals surface area contributed by atoms with Crippen LogP contribution in [0.4, 0.5) is 11.5 Å². The molecule has 0 atom stereocenters. The molecule has 2 aromatic heterocycles. The van der Waals surface area contributed by atoms with Crippen molar-refractivity contribution < 1.29 is 13.2 Å². The van der Waals surface area contributed by atoms with Crippen molar-refractivity contribution in [1.82, 2.24) is 9.97 Å². The quantitative estimate of drug-likeness (QED) is 0.565. The molecule has 0 aliphatic rings. The molecule has 0 fully saturated rings. The number of aromatic nitrogens is 2. The summed E-state index contributed by atoms with van der Waals surface area (Å²) in [4.78, 5) is 20.6. The number of nitrogens with one attached hydrogen (secondary N) is 2. The van der Waals surface area contributed by atoms with Crippen molar-refractivity contribution in [2.24, 2.45) is 5.14 Å². The molecule has 2 heterocycles. The molecule has 1 aromatic carbocycles. The highest BCUT2D eigenvalue weighted by molar-refractivity contribution is 7.89. The third-order valence-electron chi connectivity index (χ3n) is 3.76. The van der Waals surface area contributed by atoms with Crippen LogP contribution in [0, 0.1) is 0 Å². The van der Waals surface area contributed by atoms with Gasteiger partial charge in [0.2, 0.25) is 10.0 Å². The molecule has 0 spiro atoms. The number of hydrogen-bond acceptors (Lipinski definition) is 6. The summed E-state index contributed by atoms with van der Waals surface area (Å²) in [5, 5.41) is 10.8. The Kier molecular flexibility index (Phi) is 5.88. The Balaban J connectivity index is 1.80. The fraction of sp³-hybridized carbons (Fsp3) is 0.0556. The molecule has 3 rings (SSSR count). The number of amides is 1. The molecule has 8 nitrogen and oxygen atoms in total. The molecular formula is C18H16ClN5O3S. The molecule has 0 bridgehead atoms. The van der Waals surface area contributed by atoms with Gasteiger partial charge in [-0.15, -0.1) is 0 Å². The van der Waals surface area contributed by atoms with E-state index in [0.29, 0.717) is 17.9 Å². The smallest absolute Gasteiger partial charge is 0.259 e. The number of hydrogen-bond donors (Lipinski definition) is 3. The van der Waals surface area contributed by atoms with Crippen LogP contribution in [0.5, 0.6) is 0 Å². The number of nitrogens with zero attached hydrogens (tertiary/aromatic N) is 2. The number of carbonyl (C=O) groups excluding carboxylic acids is 1. The number of pyridine rings is 2. The maximum absolute atomic E-state index is 12.7. The van der Waals surface area contributed by atoms with Crippen LogP contribution < -0.4 is 15.8 Å². The van der Waals surface area contributed by atoms with E-state index in [1.165, 1.54) is 18.2 Å². The average molecular weight is 418 g/mol. The highest BCUT2D eigenvalue weighted by Crippen LogP contribution is 2.25. The Bertz CT molecular complexity index is 1110.